The lowest BCUT2D eigenvalue weighted by atomic mass is 10.2. The second-order valence-electron chi connectivity index (χ2n) is 4.32. The molecule has 0 aliphatic carbocycles. The summed E-state index contributed by atoms with van der Waals surface area (Å²) in [5.41, 5.74) is 1.97. The third kappa shape index (κ3) is 2.55. The van der Waals surface area contributed by atoms with Crippen molar-refractivity contribution in [2.45, 2.75) is 5.88 Å². The highest BCUT2D eigenvalue weighted by Crippen LogP contribution is 2.35. The number of nitrogens with zero attached hydrogens (tertiary/aromatic N) is 2. The van der Waals surface area contributed by atoms with E-state index in [1.54, 1.807) is 10.6 Å². The monoisotopic (exact) mass is 406 g/mol. The molecule has 21 heavy (non-hydrogen) atoms. The minimum atomic E-state index is -0.425. The van der Waals surface area contributed by atoms with Gasteiger partial charge in [-0.3, -0.25) is 4.57 Å². The van der Waals surface area contributed by atoms with E-state index in [4.69, 9.17) is 34.8 Å². The van der Waals surface area contributed by atoms with Crippen LogP contribution in [0.25, 0.3) is 16.7 Å². The van der Waals surface area contributed by atoms with E-state index >= 15 is 0 Å². The zero-order valence-electron chi connectivity index (χ0n) is 10.4. The van der Waals surface area contributed by atoms with E-state index in [-0.39, 0.29) is 10.9 Å². The number of fused-ring (bicyclic) bond motifs is 1. The van der Waals surface area contributed by atoms with Gasteiger partial charge in [0.25, 0.3) is 0 Å². The molecule has 0 atom stereocenters. The summed E-state index contributed by atoms with van der Waals surface area (Å²) >= 11 is 21.7. The van der Waals surface area contributed by atoms with Gasteiger partial charge in [-0.25, -0.2) is 9.37 Å². The van der Waals surface area contributed by atoms with Gasteiger partial charge < -0.3 is 0 Å². The molecule has 0 unspecified atom stereocenters. The number of benzene rings is 2. The van der Waals surface area contributed by atoms with Gasteiger partial charge in [-0.2, -0.15) is 0 Å². The van der Waals surface area contributed by atoms with Crippen molar-refractivity contribution in [1.29, 1.82) is 0 Å². The van der Waals surface area contributed by atoms with Gasteiger partial charge in [-0.1, -0.05) is 29.3 Å². The first-order valence-corrected chi connectivity index (χ1v) is 7.98. The van der Waals surface area contributed by atoms with Crippen LogP contribution in [0.5, 0.6) is 0 Å². The smallest absolute Gasteiger partial charge is 0.129 e. The molecule has 0 radical (unpaired) electrons. The van der Waals surface area contributed by atoms with Gasteiger partial charge in [0.15, 0.2) is 0 Å². The quantitative estimate of drug-likeness (QED) is 0.478. The molecule has 108 valence electrons. The van der Waals surface area contributed by atoms with Crippen LogP contribution in [0.1, 0.15) is 5.82 Å². The maximum atomic E-state index is 13.4. The van der Waals surface area contributed by atoms with E-state index in [1.807, 2.05) is 12.1 Å². The molecule has 1 heterocycles. The van der Waals surface area contributed by atoms with Crippen LogP contribution in [0.4, 0.5) is 4.39 Å². The third-order valence-electron chi connectivity index (χ3n) is 3.03. The molecule has 3 aromatic rings. The average Bonchev–Trinajstić information content (AvgIpc) is 2.78. The average molecular weight is 408 g/mol. The highest BCUT2D eigenvalue weighted by Gasteiger charge is 2.18. The molecule has 0 aliphatic heterocycles. The summed E-state index contributed by atoms with van der Waals surface area (Å²) in [6.45, 7) is 0. The Morgan fingerprint density at radius 1 is 1.19 bits per heavy atom. The summed E-state index contributed by atoms with van der Waals surface area (Å²) < 4.78 is 15.7. The van der Waals surface area contributed by atoms with Crippen LogP contribution < -0.4 is 0 Å². The Morgan fingerprint density at radius 2 is 1.95 bits per heavy atom. The molecule has 3 rings (SSSR count). The fraction of sp³-hybridized carbons (Fsp3) is 0.0714. The summed E-state index contributed by atoms with van der Waals surface area (Å²) in [7, 11) is 0. The summed E-state index contributed by atoms with van der Waals surface area (Å²) in [5, 5.41) is 0.777. The first-order chi connectivity index (χ1) is 10.0. The zero-order valence-corrected chi connectivity index (χ0v) is 14.2. The molecular formula is C14H7BrCl3FN2. The van der Waals surface area contributed by atoms with Crippen LogP contribution in [0, 0.1) is 5.82 Å². The Kier molecular flexibility index (Phi) is 4.14. The predicted molar refractivity (Wildman–Crippen MR) is 88.3 cm³/mol. The molecule has 0 fully saturated rings. The highest BCUT2D eigenvalue weighted by molar-refractivity contribution is 9.10. The largest absolute Gasteiger partial charge is 0.293 e. The molecule has 2 nitrogen and oxygen atoms in total. The topological polar surface area (TPSA) is 17.8 Å². The summed E-state index contributed by atoms with van der Waals surface area (Å²) in [4.78, 5) is 4.44. The number of hydrogen-bond donors (Lipinski definition) is 0. The van der Waals surface area contributed by atoms with Crippen molar-refractivity contribution in [3.63, 3.8) is 0 Å². The standard InChI is InChI=1S/C14H7BrCl3FN2/c15-8-4-7(19)5-10(18)14(8)21-11-3-1-2-9(17)13(11)20-12(21)6-16/h1-5H,6H2. The van der Waals surface area contributed by atoms with Crippen molar-refractivity contribution in [2.75, 3.05) is 0 Å². The lowest BCUT2D eigenvalue weighted by Gasteiger charge is -2.12. The van der Waals surface area contributed by atoms with Gasteiger partial charge in [0.2, 0.25) is 0 Å². The summed E-state index contributed by atoms with van der Waals surface area (Å²) in [6.07, 6.45) is 0. The lowest BCUT2D eigenvalue weighted by molar-refractivity contribution is 0.626. The predicted octanol–water partition coefficient (Wildman–Crippen LogP) is 5.97. The van der Waals surface area contributed by atoms with Crippen molar-refractivity contribution in [3.8, 4) is 5.69 Å². The molecule has 0 saturated carbocycles. The Labute approximate surface area is 143 Å². The van der Waals surface area contributed by atoms with E-state index in [0.29, 0.717) is 26.5 Å². The third-order valence-corrected chi connectivity index (χ3v) is 4.47. The van der Waals surface area contributed by atoms with E-state index < -0.39 is 5.82 Å². The maximum absolute atomic E-state index is 13.4. The Hall–Kier alpha value is -0.810. The van der Waals surface area contributed by atoms with Crippen molar-refractivity contribution >= 4 is 61.8 Å². The molecule has 0 amide bonds. The molecule has 0 aliphatic rings. The second kappa shape index (κ2) is 5.76. The van der Waals surface area contributed by atoms with Crippen LogP contribution in [-0.2, 0) is 5.88 Å². The van der Waals surface area contributed by atoms with Crippen LogP contribution in [0.3, 0.4) is 0 Å². The number of hydrogen-bond acceptors (Lipinski definition) is 1. The van der Waals surface area contributed by atoms with Crippen molar-refractivity contribution in [3.05, 3.63) is 56.5 Å². The highest BCUT2D eigenvalue weighted by atomic mass is 79.9. The minimum Gasteiger partial charge on any atom is -0.293 e. The fourth-order valence-corrected chi connectivity index (χ4v) is 3.61. The van der Waals surface area contributed by atoms with Crippen molar-refractivity contribution in [1.82, 2.24) is 9.55 Å². The first kappa shape index (κ1) is 15.1. The van der Waals surface area contributed by atoms with Crippen LogP contribution in [0.2, 0.25) is 10.0 Å². The van der Waals surface area contributed by atoms with Gasteiger partial charge in [0.1, 0.15) is 17.2 Å². The van der Waals surface area contributed by atoms with Gasteiger partial charge >= 0.3 is 0 Å². The van der Waals surface area contributed by atoms with Gasteiger partial charge in [-0.15, -0.1) is 11.6 Å². The summed E-state index contributed by atoms with van der Waals surface area (Å²) in [5.74, 6) is 0.324. The number of aromatic nitrogens is 2. The van der Waals surface area contributed by atoms with E-state index in [1.165, 1.54) is 12.1 Å². The van der Waals surface area contributed by atoms with Crippen molar-refractivity contribution < 1.29 is 4.39 Å². The van der Waals surface area contributed by atoms with Gasteiger partial charge in [-0.05, 0) is 40.2 Å². The van der Waals surface area contributed by atoms with Gasteiger partial charge in [0, 0.05) is 4.47 Å². The Morgan fingerprint density at radius 3 is 2.62 bits per heavy atom. The molecule has 0 N–H and O–H groups in total. The van der Waals surface area contributed by atoms with E-state index in [0.717, 1.165) is 5.52 Å². The normalized spacial score (nSPS) is 11.3. The molecule has 0 bridgehead atoms. The fourth-order valence-electron chi connectivity index (χ4n) is 2.20. The Bertz CT molecular complexity index is 825. The second-order valence-corrected chi connectivity index (χ2v) is 6.26. The van der Waals surface area contributed by atoms with E-state index in [2.05, 4.69) is 20.9 Å². The van der Waals surface area contributed by atoms with Crippen molar-refractivity contribution in [2.24, 2.45) is 0 Å². The molecular weight excluding hydrogens is 401 g/mol. The summed E-state index contributed by atoms with van der Waals surface area (Å²) in [6, 6.07) is 8.01. The maximum Gasteiger partial charge on any atom is 0.129 e. The molecule has 0 spiro atoms. The number of alkyl halides is 1. The molecule has 1 aromatic heterocycles. The van der Waals surface area contributed by atoms with Crippen LogP contribution in [0.15, 0.2) is 34.8 Å². The number of halogens is 5. The van der Waals surface area contributed by atoms with Crippen LogP contribution >= 0.6 is 50.7 Å². The number of para-hydroxylation sites is 1. The number of rotatable bonds is 2. The molecule has 0 saturated heterocycles. The Balaban J connectivity index is 2.42. The minimum absolute atomic E-state index is 0.172. The van der Waals surface area contributed by atoms with Gasteiger partial charge in [0.05, 0.1) is 27.1 Å². The lowest BCUT2D eigenvalue weighted by Crippen LogP contribution is -2.02. The van der Waals surface area contributed by atoms with E-state index in [9.17, 15) is 4.39 Å². The SMILES string of the molecule is Fc1cc(Cl)c(-n2c(CCl)nc3c(Cl)cccc32)c(Br)c1. The zero-order chi connectivity index (χ0) is 15.1. The molecule has 2 aromatic carbocycles. The van der Waals surface area contributed by atoms with Crippen LogP contribution in [-0.4, -0.2) is 9.55 Å². The molecule has 7 heteroatoms. The number of imidazole rings is 1. The first-order valence-electron chi connectivity index (χ1n) is 5.89.